The van der Waals surface area contributed by atoms with Crippen molar-refractivity contribution in [1.82, 2.24) is 10.3 Å². The topological polar surface area (TPSA) is 112 Å². The molecule has 1 aromatic rings. The largest absolute Gasteiger partial charge is 0.388 e. The first-order valence-electron chi connectivity index (χ1n) is 12.7. The van der Waals surface area contributed by atoms with Crippen LogP contribution in [0.5, 0.6) is 0 Å². The van der Waals surface area contributed by atoms with Gasteiger partial charge in [0.1, 0.15) is 24.1 Å². The number of thiazole rings is 1. The molecule has 3 heterocycles. The molecule has 7 atom stereocenters. The summed E-state index contributed by atoms with van der Waals surface area (Å²) in [6.07, 6.45) is 2.59. The third-order valence-corrected chi connectivity index (χ3v) is 8.43. The summed E-state index contributed by atoms with van der Waals surface area (Å²) in [5.41, 5.74) is 0.175. The van der Waals surface area contributed by atoms with Crippen molar-refractivity contribution in [3.63, 3.8) is 0 Å². The van der Waals surface area contributed by atoms with Gasteiger partial charge in [0.25, 0.3) is 0 Å². The van der Waals surface area contributed by atoms with Crippen molar-refractivity contribution in [2.75, 3.05) is 0 Å². The van der Waals surface area contributed by atoms with Gasteiger partial charge in [-0.05, 0) is 57.6 Å². The number of amides is 1. The predicted molar refractivity (Wildman–Crippen MR) is 138 cm³/mol. The highest BCUT2D eigenvalue weighted by molar-refractivity contribution is 7.09. The van der Waals surface area contributed by atoms with Gasteiger partial charge in [0.2, 0.25) is 5.91 Å². The van der Waals surface area contributed by atoms with Crippen LogP contribution in [0.3, 0.4) is 0 Å². The fraction of sp³-hybridized carbons (Fsp3) is 0.741. The number of rotatable bonds is 2. The third-order valence-electron chi connectivity index (χ3n) is 7.64. The molecule has 0 bridgehead atoms. The van der Waals surface area contributed by atoms with Gasteiger partial charge in [0.05, 0.1) is 22.3 Å². The minimum Gasteiger partial charge on any atom is -0.388 e. The second-order valence-electron chi connectivity index (χ2n) is 11.6. The third kappa shape index (κ3) is 6.79. The highest BCUT2D eigenvalue weighted by Gasteiger charge is 2.57. The summed E-state index contributed by atoms with van der Waals surface area (Å²) < 4.78 is 5.99. The summed E-state index contributed by atoms with van der Waals surface area (Å²) in [6, 6.07) is -0.754. The molecule has 2 fully saturated rings. The predicted octanol–water partition coefficient (Wildman–Crippen LogP) is 4.05. The van der Waals surface area contributed by atoms with Gasteiger partial charge >= 0.3 is 0 Å². The lowest BCUT2D eigenvalue weighted by atomic mass is 9.75. The van der Waals surface area contributed by atoms with E-state index in [1.807, 2.05) is 39.2 Å². The number of nitrogens with one attached hydrogen (secondary N) is 1. The number of Topliss-reactive ketones (excluding diaryl/α,β-unsaturated/α-hetero) is 1. The molecular formula is C27H42N2O5S. The summed E-state index contributed by atoms with van der Waals surface area (Å²) in [7, 11) is 0. The van der Waals surface area contributed by atoms with Crippen molar-refractivity contribution in [2.45, 2.75) is 111 Å². The maximum absolute atomic E-state index is 13.2. The van der Waals surface area contributed by atoms with Gasteiger partial charge in [0.15, 0.2) is 0 Å². The molecule has 0 aliphatic carbocycles. The molecule has 8 heteroatoms. The summed E-state index contributed by atoms with van der Waals surface area (Å²) >= 11 is 1.53. The second kappa shape index (κ2) is 10.8. The van der Waals surface area contributed by atoms with Gasteiger partial charge in [-0.3, -0.25) is 9.59 Å². The number of aliphatic hydroxyl groups is 2. The van der Waals surface area contributed by atoms with E-state index in [1.54, 1.807) is 13.8 Å². The first-order chi connectivity index (χ1) is 16.2. The van der Waals surface area contributed by atoms with E-state index in [0.717, 1.165) is 42.0 Å². The summed E-state index contributed by atoms with van der Waals surface area (Å²) in [6.45, 7) is 13.4. The number of aromatic nitrogens is 1. The van der Waals surface area contributed by atoms with Crippen LogP contribution in [0.15, 0.2) is 11.0 Å². The van der Waals surface area contributed by atoms with Crippen molar-refractivity contribution in [2.24, 2.45) is 17.3 Å². The smallest absolute Gasteiger partial charge is 0.249 e. The standard InChI is InChI=1S/C27H42N2O5S/c1-15-9-8-10-27(7)24(34-27)22(31)21(16(2)12-19-14-35-18(4)28-19)29-25(33)20(30)13-26(5,6)23(32)17(3)11-15/h12,14-15,17,20-22,24,30-31H,8-11,13H2,1-7H3,(H,29,33). The van der Waals surface area contributed by atoms with Gasteiger partial charge in [-0.2, -0.15) is 0 Å². The molecule has 0 saturated carbocycles. The Balaban J connectivity index is 1.89. The first kappa shape index (κ1) is 28.0. The second-order valence-corrected chi connectivity index (χ2v) is 12.7. The maximum Gasteiger partial charge on any atom is 0.249 e. The highest BCUT2D eigenvalue weighted by Crippen LogP contribution is 2.44. The number of epoxide rings is 1. The SMILES string of the molecule is CC(=Cc1csc(C)n1)C1NC(=O)C(O)CC(C)(C)C(=O)C(C)CC(C)CCCC2(C)OC2C1O. The zero-order valence-corrected chi connectivity index (χ0v) is 22.9. The number of carbonyl (C=O) groups is 2. The first-order valence-corrected chi connectivity index (χ1v) is 13.6. The number of aryl methyl sites for hydroxylation is 1. The monoisotopic (exact) mass is 506 g/mol. The average Bonchev–Trinajstić information content (AvgIpc) is 3.27. The minimum atomic E-state index is -1.37. The quantitative estimate of drug-likeness (QED) is 0.522. The fourth-order valence-electron chi connectivity index (χ4n) is 5.52. The van der Waals surface area contributed by atoms with E-state index in [4.69, 9.17) is 4.74 Å². The Morgan fingerprint density at radius 1 is 1.26 bits per heavy atom. The van der Waals surface area contributed by atoms with Crippen molar-refractivity contribution >= 4 is 29.1 Å². The number of carbonyl (C=O) groups excluding carboxylic acids is 2. The molecule has 1 aromatic heterocycles. The Morgan fingerprint density at radius 2 is 1.94 bits per heavy atom. The van der Waals surface area contributed by atoms with Crippen molar-refractivity contribution in [3.05, 3.63) is 21.7 Å². The Bertz CT molecular complexity index is 957. The molecule has 196 valence electrons. The Kier molecular flexibility index (Phi) is 8.62. The van der Waals surface area contributed by atoms with E-state index >= 15 is 0 Å². The zero-order valence-electron chi connectivity index (χ0n) is 22.1. The fourth-order valence-corrected chi connectivity index (χ4v) is 6.09. The Morgan fingerprint density at radius 3 is 2.57 bits per heavy atom. The average molecular weight is 507 g/mol. The van der Waals surface area contributed by atoms with Crippen LogP contribution >= 0.6 is 11.3 Å². The van der Waals surface area contributed by atoms with E-state index in [-0.39, 0.29) is 18.1 Å². The van der Waals surface area contributed by atoms with E-state index in [0.29, 0.717) is 5.92 Å². The van der Waals surface area contributed by atoms with Crippen LogP contribution in [0.1, 0.15) is 84.3 Å². The van der Waals surface area contributed by atoms with Gasteiger partial charge in [0, 0.05) is 16.7 Å². The zero-order chi connectivity index (χ0) is 26.1. The molecule has 7 unspecified atom stereocenters. The van der Waals surface area contributed by atoms with Gasteiger partial charge in [-0.1, -0.05) is 40.5 Å². The van der Waals surface area contributed by atoms with E-state index in [1.165, 1.54) is 11.3 Å². The van der Waals surface area contributed by atoms with Gasteiger partial charge in [-0.15, -0.1) is 11.3 Å². The number of ether oxygens (including phenoxy) is 1. The van der Waals surface area contributed by atoms with Crippen LogP contribution < -0.4 is 5.32 Å². The summed E-state index contributed by atoms with van der Waals surface area (Å²) in [4.78, 5) is 30.7. The molecule has 35 heavy (non-hydrogen) atoms. The molecule has 2 aliphatic rings. The molecule has 3 rings (SSSR count). The van der Waals surface area contributed by atoms with E-state index in [9.17, 15) is 19.8 Å². The molecular weight excluding hydrogens is 464 g/mol. The van der Waals surface area contributed by atoms with Crippen molar-refractivity contribution in [1.29, 1.82) is 0 Å². The number of aliphatic hydroxyl groups excluding tert-OH is 2. The molecule has 0 spiro atoms. The van der Waals surface area contributed by atoms with E-state index < -0.39 is 41.3 Å². The Hall–Kier alpha value is -1.61. The van der Waals surface area contributed by atoms with Crippen molar-refractivity contribution < 1.29 is 24.5 Å². The van der Waals surface area contributed by atoms with Crippen molar-refractivity contribution in [3.8, 4) is 0 Å². The minimum absolute atomic E-state index is 0.0187. The summed E-state index contributed by atoms with van der Waals surface area (Å²) in [5.74, 6) is -0.318. The van der Waals surface area contributed by atoms with Gasteiger partial charge in [-0.25, -0.2) is 4.98 Å². The molecule has 0 aromatic carbocycles. The lowest BCUT2D eigenvalue weighted by Gasteiger charge is -2.31. The number of hydrogen-bond acceptors (Lipinski definition) is 7. The van der Waals surface area contributed by atoms with Crippen LogP contribution in [0.25, 0.3) is 6.08 Å². The molecule has 1 amide bonds. The van der Waals surface area contributed by atoms with Crippen LogP contribution in [0.4, 0.5) is 0 Å². The lowest BCUT2D eigenvalue weighted by molar-refractivity contribution is -0.137. The maximum atomic E-state index is 13.2. The number of nitrogens with zero attached hydrogens (tertiary/aromatic N) is 1. The van der Waals surface area contributed by atoms with Crippen LogP contribution in [-0.4, -0.2) is 56.8 Å². The molecule has 3 N–H and O–H groups in total. The summed E-state index contributed by atoms with van der Waals surface area (Å²) in [5, 5.41) is 27.8. The van der Waals surface area contributed by atoms with Crippen LogP contribution in [0.2, 0.25) is 0 Å². The van der Waals surface area contributed by atoms with Crippen LogP contribution in [-0.2, 0) is 14.3 Å². The molecule has 2 aliphatic heterocycles. The van der Waals surface area contributed by atoms with Crippen LogP contribution in [0, 0.1) is 24.2 Å². The molecule has 2 saturated heterocycles. The highest BCUT2D eigenvalue weighted by atomic mass is 32.1. The molecule has 7 nitrogen and oxygen atoms in total. The van der Waals surface area contributed by atoms with Gasteiger partial charge < -0.3 is 20.3 Å². The lowest BCUT2D eigenvalue weighted by Crippen LogP contribution is -2.51. The normalized spacial score (nSPS) is 37.5. The molecule has 0 radical (unpaired) electrons. The number of ketones is 1. The number of hydrogen-bond donors (Lipinski definition) is 3. The Labute approximate surface area is 213 Å². The number of fused-ring (bicyclic) bond motifs is 1. The van der Waals surface area contributed by atoms with E-state index in [2.05, 4.69) is 17.2 Å².